The summed E-state index contributed by atoms with van der Waals surface area (Å²) in [6, 6.07) is 18.2. The Balaban J connectivity index is 1.73. The van der Waals surface area contributed by atoms with Crippen LogP contribution in [0.15, 0.2) is 60.8 Å². The zero-order chi connectivity index (χ0) is 27.6. The van der Waals surface area contributed by atoms with Crippen LogP contribution in [-0.2, 0) is 20.4 Å². The lowest BCUT2D eigenvalue weighted by molar-refractivity contribution is -0.137. The van der Waals surface area contributed by atoms with Crippen molar-refractivity contribution in [1.82, 2.24) is 19.9 Å². The van der Waals surface area contributed by atoms with Crippen molar-refractivity contribution in [1.29, 1.82) is 0 Å². The lowest BCUT2D eigenvalue weighted by Crippen LogP contribution is -2.56. The summed E-state index contributed by atoms with van der Waals surface area (Å²) in [6.07, 6.45) is 3.33. The van der Waals surface area contributed by atoms with E-state index in [4.69, 9.17) is 29.9 Å². The average molecular weight is 530 g/mol. The van der Waals surface area contributed by atoms with Crippen molar-refractivity contribution in [3.8, 4) is 11.5 Å². The number of hydrogen-bond acceptors (Lipinski definition) is 7. The van der Waals surface area contributed by atoms with E-state index in [1.807, 2.05) is 35.4 Å². The van der Waals surface area contributed by atoms with Gasteiger partial charge in [0.25, 0.3) is 0 Å². The summed E-state index contributed by atoms with van der Waals surface area (Å²) >= 11 is 0. The summed E-state index contributed by atoms with van der Waals surface area (Å²) in [5, 5.41) is 0.693. The van der Waals surface area contributed by atoms with Gasteiger partial charge < -0.3 is 29.8 Å². The molecule has 1 aliphatic rings. The van der Waals surface area contributed by atoms with Crippen molar-refractivity contribution in [2.75, 3.05) is 46.8 Å². The Morgan fingerprint density at radius 2 is 1.72 bits per heavy atom. The Morgan fingerprint density at radius 1 is 1.03 bits per heavy atom. The molecular weight excluding hydrogens is 494 g/mol. The summed E-state index contributed by atoms with van der Waals surface area (Å²) in [7, 11) is 4.73. The van der Waals surface area contributed by atoms with Crippen LogP contribution in [0.5, 0.6) is 11.5 Å². The fourth-order valence-corrected chi connectivity index (χ4v) is 6.12. The number of likely N-dealkylation sites (tertiary alicyclic amines) is 1. The third-order valence-electron chi connectivity index (χ3n) is 8.34. The molecular formula is C30H35N5O4. The molecule has 4 aromatic rings. The number of anilines is 1. The van der Waals surface area contributed by atoms with Crippen molar-refractivity contribution in [2.24, 2.45) is 0 Å². The number of methoxy groups -OCH3 is 3. The van der Waals surface area contributed by atoms with Gasteiger partial charge in [-0.15, -0.1) is 0 Å². The lowest BCUT2D eigenvalue weighted by Gasteiger charge is -2.52. The maximum atomic E-state index is 12.7. The minimum absolute atomic E-state index is 0.00650. The van der Waals surface area contributed by atoms with Gasteiger partial charge in [0.05, 0.1) is 25.2 Å². The monoisotopic (exact) mass is 529 g/mol. The topological polar surface area (TPSA) is 116 Å². The lowest BCUT2D eigenvalue weighted by atomic mass is 9.54. The molecule has 1 amide bonds. The molecule has 3 heterocycles. The summed E-state index contributed by atoms with van der Waals surface area (Å²) < 4.78 is 16.2. The van der Waals surface area contributed by atoms with E-state index in [0.29, 0.717) is 60.0 Å². The molecule has 2 aromatic heterocycles. The first kappa shape index (κ1) is 26.5. The van der Waals surface area contributed by atoms with Crippen molar-refractivity contribution < 1.29 is 19.0 Å². The number of carbonyl (C=O) groups excluding carboxylic acids is 1. The number of piperidine rings is 1. The second-order valence-corrected chi connectivity index (χ2v) is 10.1. The Kier molecular flexibility index (Phi) is 7.18. The number of aromatic nitrogens is 3. The van der Waals surface area contributed by atoms with Crippen LogP contribution in [0.2, 0.25) is 0 Å². The molecule has 1 aliphatic heterocycles. The molecule has 1 unspecified atom stereocenters. The molecule has 5 rings (SSSR count). The predicted molar refractivity (Wildman–Crippen MR) is 150 cm³/mol. The molecule has 3 N–H and O–H groups in total. The Labute approximate surface area is 228 Å². The van der Waals surface area contributed by atoms with Crippen LogP contribution in [-0.4, -0.2) is 66.8 Å². The van der Waals surface area contributed by atoms with Gasteiger partial charge in [-0.05, 0) is 43.5 Å². The van der Waals surface area contributed by atoms with Crippen LogP contribution in [0.4, 0.5) is 5.82 Å². The van der Waals surface area contributed by atoms with Crippen LogP contribution in [0.25, 0.3) is 10.9 Å². The van der Waals surface area contributed by atoms with Gasteiger partial charge in [-0.25, -0.2) is 9.97 Å². The molecule has 0 bridgehead atoms. The largest absolute Gasteiger partial charge is 0.493 e. The molecule has 0 radical (unpaired) electrons. The van der Waals surface area contributed by atoms with E-state index in [0.717, 1.165) is 11.3 Å². The smallest absolute Gasteiger partial charge is 0.248 e. The number of benzene rings is 2. The predicted octanol–water partition coefficient (Wildman–Crippen LogP) is 4.07. The fraction of sp³-hybridized carbons (Fsp3) is 0.367. The zero-order valence-electron chi connectivity index (χ0n) is 22.9. The van der Waals surface area contributed by atoms with E-state index in [1.165, 1.54) is 0 Å². The van der Waals surface area contributed by atoms with E-state index >= 15 is 0 Å². The van der Waals surface area contributed by atoms with E-state index < -0.39 is 10.8 Å². The standard InChI is InChI=1S/C30H35N5O4/c1-29(25-11-8-14-32-25,28-33-22-18-24(39-4)23(38-3)17-21(22)27(31)34-28)30(20-9-6-5-7-10-20)12-15-35(16-13-30)26(36)19-37-2/h5-11,14,17-18,32H,12-13,15-16,19H2,1-4H3,(H2,31,33,34). The molecule has 204 valence electrons. The first-order valence-electron chi connectivity index (χ1n) is 13.0. The van der Waals surface area contributed by atoms with Crippen LogP contribution in [0, 0.1) is 0 Å². The number of fused-ring (bicyclic) bond motifs is 1. The summed E-state index contributed by atoms with van der Waals surface area (Å²) in [4.78, 5) is 28.1. The molecule has 2 aromatic carbocycles. The van der Waals surface area contributed by atoms with E-state index in [1.54, 1.807) is 21.3 Å². The molecule has 9 heteroatoms. The molecule has 0 saturated carbocycles. The van der Waals surface area contributed by atoms with E-state index in [9.17, 15) is 4.79 Å². The highest BCUT2D eigenvalue weighted by molar-refractivity contribution is 5.91. The Bertz CT molecular complexity index is 1450. The first-order chi connectivity index (χ1) is 18.9. The number of hydrogen-bond donors (Lipinski definition) is 2. The molecule has 1 atom stereocenters. The highest BCUT2D eigenvalue weighted by Crippen LogP contribution is 2.53. The number of H-pyrrole nitrogens is 1. The molecule has 0 aliphatic carbocycles. The SMILES string of the molecule is COCC(=O)N1CCC(c2ccccc2)(C(C)(c2nc(N)c3cc(OC)c(OC)cc3n2)c2ccc[nH]2)CC1. The van der Waals surface area contributed by atoms with Gasteiger partial charge in [-0.2, -0.15) is 0 Å². The third-order valence-corrected chi connectivity index (χ3v) is 8.34. The van der Waals surface area contributed by atoms with Gasteiger partial charge in [0.15, 0.2) is 11.5 Å². The number of nitrogens with zero attached hydrogens (tertiary/aromatic N) is 3. The number of ether oxygens (including phenoxy) is 3. The van der Waals surface area contributed by atoms with Gasteiger partial charge in [0.2, 0.25) is 5.91 Å². The van der Waals surface area contributed by atoms with Gasteiger partial charge in [0.1, 0.15) is 18.2 Å². The number of nitrogens with one attached hydrogen (secondary N) is 1. The number of nitrogen functional groups attached to an aromatic ring is 1. The number of aromatic amines is 1. The molecule has 1 fully saturated rings. The van der Waals surface area contributed by atoms with Gasteiger partial charge in [0, 0.05) is 49.0 Å². The van der Waals surface area contributed by atoms with Crippen LogP contribution in [0.1, 0.15) is 36.8 Å². The maximum absolute atomic E-state index is 12.7. The maximum Gasteiger partial charge on any atom is 0.248 e. The number of rotatable bonds is 8. The molecule has 1 saturated heterocycles. The van der Waals surface area contributed by atoms with Crippen molar-refractivity contribution in [3.63, 3.8) is 0 Å². The van der Waals surface area contributed by atoms with Crippen LogP contribution < -0.4 is 15.2 Å². The Morgan fingerprint density at radius 3 is 2.33 bits per heavy atom. The molecule has 9 nitrogen and oxygen atoms in total. The quantitative estimate of drug-likeness (QED) is 0.354. The van der Waals surface area contributed by atoms with E-state index in [2.05, 4.69) is 42.2 Å². The first-order valence-corrected chi connectivity index (χ1v) is 13.0. The highest BCUT2D eigenvalue weighted by atomic mass is 16.5. The number of carbonyl (C=O) groups is 1. The van der Waals surface area contributed by atoms with Gasteiger partial charge in [-0.1, -0.05) is 30.3 Å². The van der Waals surface area contributed by atoms with Gasteiger partial charge >= 0.3 is 0 Å². The van der Waals surface area contributed by atoms with Crippen LogP contribution in [0.3, 0.4) is 0 Å². The summed E-state index contributed by atoms with van der Waals surface area (Å²) in [5.74, 6) is 2.09. The van der Waals surface area contributed by atoms with Crippen molar-refractivity contribution >= 4 is 22.6 Å². The number of nitrogens with two attached hydrogens (primary N) is 1. The second-order valence-electron chi connectivity index (χ2n) is 10.1. The normalized spacial score (nSPS) is 16.6. The van der Waals surface area contributed by atoms with Crippen molar-refractivity contribution in [3.05, 3.63) is 77.9 Å². The summed E-state index contributed by atoms with van der Waals surface area (Å²) in [6.45, 7) is 3.42. The minimum Gasteiger partial charge on any atom is -0.493 e. The summed E-state index contributed by atoms with van der Waals surface area (Å²) in [5.41, 5.74) is 8.25. The number of amides is 1. The third kappa shape index (κ3) is 4.36. The van der Waals surface area contributed by atoms with Gasteiger partial charge in [-0.3, -0.25) is 4.79 Å². The highest BCUT2D eigenvalue weighted by Gasteiger charge is 2.55. The van der Waals surface area contributed by atoms with Crippen LogP contribution >= 0.6 is 0 Å². The average Bonchev–Trinajstić information content (AvgIpc) is 3.52. The molecule has 0 spiro atoms. The zero-order valence-corrected chi connectivity index (χ0v) is 22.9. The Hall–Kier alpha value is -4.11. The van der Waals surface area contributed by atoms with E-state index in [-0.39, 0.29) is 12.5 Å². The molecule has 39 heavy (non-hydrogen) atoms. The minimum atomic E-state index is -0.719. The fourth-order valence-electron chi connectivity index (χ4n) is 6.12. The second kappa shape index (κ2) is 10.6. The van der Waals surface area contributed by atoms with Crippen molar-refractivity contribution in [2.45, 2.75) is 30.6 Å².